The number of phenolic OH excluding ortho intramolecular Hbond substituents is 1. The molecule has 3 N–H and O–H groups in total. The van der Waals surface area contributed by atoms with E-state index in [4.69, 9.17) is 5.11 Å². The first-order valence-electron chi connectivity index (χ1n) is 3.85. The highest BCUT2D eigenvalue weighted by molar-refractivity contribution is 5.85. The van der Waals surface area contributed by atoms with Gasteiger partial charge in [0, 0.05) is 6.54 Å². The van der Waals surface area contributed by atoms with Crippen molar-refractivity contribution in [2.24, 2.45) is 0 Å². The van der Waals surface area contributed by atoms with E-state index >= 15 is 0 Å². The lowest BCUT2D eigenvalue weighted by molar-refractivity contribution is 0.177. The molecule has 0 aliphatic carbocycles. The second-order valence-electron chi connectivity index (χ2n) is 2.67. The van der Waals surface area contributed by atoms with E-state index in [2.05, 4.69) is 5.32 Å². The number of rotatable bonds is 3. The van der Waals surface area contributed by atoms with Crippen LogP contribution in [0.4, 0.5) is 0 Å². The molecule has 3 nitrogen and oxygen atoms in total. The molecule has 4 heteroatoms. The number of likely N-dealkylation sites (N-methyl/N-ethyl adjacent to an activating group) is 1. The Morgan fingerprint density at radius 1 is 1.46 bits per heavy atom. The highest BCUT2D eigenvalue weighted by Gasteiger charge is 2.05. The van der Waals surface area contributed by atoms with Crippen molar-refractivity contribution in [3.05, 3.63) is 29.8 Å². The molecule has 0 aromatic heterocycles. The van der Waals surface area contributed by atoms with Gasteiger partial charge in [-0.3, -0.25) is 0 Å². The maximum absolute atomic E-state index is 9.47. The zero-order chi connectivity index (χ0) is 8.97. The zero-order valence-corrected chi connectivity index (χ0v) is 8.21. The number of aromatic hydroxyl groups is 1. The van der Waals surface area contributed by atoms with Crippen LogP contribution in [0.3, 0.4) is 0 Å². The molecule has 1 atom stereocenters. The van der Waals surface area contributed by atoms with Crippen molar-refractivity contribution < 1.29 is 10.2 Å². The molecule has 1 aromatic carbocycles. The van der Waals surface area contributed by atoms with Crippen LogP contribution in [0.25, 0.3) is 0 Å². The van der Waals surface area contributed by atoms with Crippen molar-refractivity contribution in [2.75, 3.05) is 13.6 Å². The predicted molar refractivity (Wildman–Crippen MR) is 54.2 cm³/mol. The Kier molecular flexibility index (Phi) is 5.46. The molecule has 0 bridgehead atoms. The summed E-state index contributed by atoms with van der Waals surface area (Å²) in [6.45, 7) is 0.490. The Hall–Kier alpha value is -0.770. The van der Waals surface area contributed by atoms with Gasteiger partial charge in [0.25, 0.3) is 0 Å². The Morgan fingerprint density at radius 2 is 2.15 bits per heavy atom. The molecular weight excluding hydrogens is 190 g/mol. The van der Waals surface area contributed by atoms with Gasteiger partial charge in [0.1, 0.15) is 5.75 Å². The van der Waals surface area contributed by atoms with E-state index in [1.807, 2.05) is 0 Å². The zero-order valence-electron chi connectivity index (χ0n) is 7.40. The van der Waals surface area contributed by atoms with E-state index in [9.17, 15) is 5.11 Å². The number of nitrogens with one attached hydrogen (secondary N) is 1. The summed E-state index contributed by atoms with van der Waals surface area (Å²) >= 11 is 0. The van der Waals surface area contributed by atoms with E-state index in [-0.39, 0.29) is 18.2 Å². The molecule has 1 rings (SSSR count). The van der Waals surface area contributed by atoms with E-state index in [1.54, 1.807) is 31.3 Å². The van der Waals surface area contributed by atoms with E-state index in [1.165, 1.54) is 0 Å². The molecule has 0 saturated carbocycles. The third kappa shape index (κ3) is 3.63. The summed E-state index contributed by atoms with van der Waals surface area (Å²) in [7, 11) is 1.77. The average Bonchev–Trinajstić information content (AvgIpc) is 2.05. The van der Waals surface area contributed by atoms with Crippen LogP contribution < -0.4 is 5.32 Å². The van der Waals surface area contributed by atoms with E-state index in [0.29, 0.717) is 6.54 Å². The molecule has 0 saturated heterocycles. The number of hydrogen-bond acceptors (Lipinski definition) is 3. The maximum atomic E-state index is 9.47. The standard InChI is InChI=1S/C9H13NO2.ClH/c1-10-6-9(12)7-3-2-4-8(11)5-7;/h2-5,9-12H,6H2,1H3;1H/t9-;/m1./s1. The summed E-state index contributed by atoms with van der Waals surface area (Å²) in [4.78, 5) is 0. The molecule has 0 heterocycles. The lowest BCUT2D eigenvalue weighted by Crippen LogP contribution is -2.16. The topological polar surface area (TPSA) is 52.5 Å². The Bertz CT molecular complexity index is 255. The van der Waals surface area contributed by atoms with Gasteiger partial charge >= 0.3 is 0 Å². The number of benzene rings is 1. The number of halogens is 1. The third-order valence-electron chi connectivity index (χ3n) is 1.65. The van der Waals surface area contributed by atoms with Crippen LogP contribution in [0.5, 0.6) is 5.75 Å². The van der Waals surface area contributed by atoms with Gasteiger partial charge in [-0.15, -0.1) is 12.4 Å². The van der Waals surface area contributed by atoms with Crippen LogP contribution in [-0.4, -0.2) is 23.8 Å². The van der Waals surface area contributed by atoms with Crippen molar-refractivity contribution in [1.82, 2.24) is 5.32 Å². The van der Waals surface area contributed by atoms with Crippen LogP contribution in [0.15, 0.2) is 24.3 Å². The quantitative estimate of drug-likeness (QED) is 0.689. The maximum Gasteiger partial charge on any atom is 0.115 e. The van der Waals surface area contributed by atoms with Crippen LogP contribution in [0.1, 0.15) is 11.7 Å². The first kappa shape index (κ1) is 12.2. The number of phenols is 1. The van der Waals surface area contributed by atoms with Crippen molar-refractivity contribution >= 4 is 12.4 Å². The van der Waals surface area contributed by atoms with E-state index < -0.39 is 6.10 Å². The van der Waals surface area contributed by atoms with Crippen molar-refractivity contribution in [2.45, 2.75) is 6.10 Å². The molecule has 0 amide bonds. The average molecular weight is 204 g/mol. The van der Waals surface area contributed by atoms with Gasteiger partial charge in [-0.05, 0) is 24.7 Å². The fourth-order valence-electron chi connectivity index (χ4n) is 1.04. The van der Waals surface area contributed by atoms with Gasteiger partial charge in [0.05, 0.1) is 6.10 Å². The van der Waals surface area contributed by atoms with Gasteiger partial charge in [-0.2, -0.15) is 0 Å². The Labute approximate surface area is 83.8 Å². The molecule has 13 heavy (non-hydrogen) atoms. The number of aliphatic hydroxyl groups is 1. The fraction of sp³-hybridized carbons (Fsp3) is 0.333. The summed E-state index contributed by atoms with van der Waals surface area (Å²) in [6.07, 6.45) is -0.554. The minimum Gasteiger partial charge on any atom is -0.508 e. The summed E-state index contributed by atoms with van der Waals surface area (Å²) in [5, 5.41) is 21.4. The number of aliphatic hydroxyl groups excluding tert-OH is 1. The lowest BCUT2D eigenvalue weighted by atomic mass is 10.1. The first-order valence-corrected chi connectivity index (χ1v) is 3.85. The second-order valence-corrected chi connectivity index (χ2v) is 2.67. The lowest BCUT2D eigenvalue weighted by Gasteiger charge is -2.09. The largest absolute Gasteiger partial charge is 0.508 e. The van der Waals surface area contributed by atoms with Crippen molar-refractivity contribution in [1.29, 1.82) is 0 Å². The molecule has 0 aliphatic rings. The van der Waals surface area contributed by atoms with E-state index in [0.717, 1.165) is 5.56 Å². The molecule has 0 aliphatic heterocycles. The smallest absolute Gasteiger partial charge is 0.115 e. The molecule has 0 spiro atoms. The fourth-order valence-corrected chi connectivity index (χ4v) is 1.04. The van der Waals surface area contributed by atoms with Crippen LogP contribution in [0.2, 0.25) is 0 Å². The molecule has 0 radical (unpaired) electrons. The third-order valence-corrected chi connectivity index (χ3v) is 1.65. The Balaban J connectivity index is 0.00000144. The highest BCUT2D eigenvalue weighted by Crippen LogP contribution is 2.17. The minimum atomic E-state index is -0.554. The molecule has 74 valence electrons. The van der Waals surface area contributed by atoms with Gasteiger partial charge in [-0.1, -0.05) is 12.1 Å². The van der Waals surface area contributed by atoms with Crippen LogP contribution >= 0.6 is 12.4 Å². The summed E-state index contributed by atoms with van der Waals surface area (Å²) < 4.78 is 0. The SMILES string of the molecule is CNC[C@@H](O)c1cccc(O)c1.Cl. The molecular formula is C9H14ClNO2. The second kappa shape index (κ2) is 5.80. The monoisotopic (exact) mass is 203 g/mol. The summed E-state index contributed by atoms with van der Waals surface area (Å²) in [6, 6.07) is 6.63. The molecule has 0 fully saturated rings. The van der Waals surface area contributed by atoms with Crippen molar-refractivity contribution in [3.8, 4) is 5.75 Å². The minimum absolute atomic E-state index is 0. The number of hydrogen-bond donors (Lipinski definition) is 3. The predicted octanol–water partition coefficient (Wildman–Crippen LogP) is 1.07. The summed E-state index contributed by atoms with van der Waals surface area (Å²) in [5.41, 5.74) is 0.726. The molecule has 1 aromatic rings. The highest BCUT2D eigenvalue weighted by atomic mass is 35.5. The normalized spacial score (nSPS) is 11.8. The van der Waals surface area contributed by atoms with Gasteiger partial charge in [0.2, 0.25) is 0 Å². The summed E-state index contributed by atoms with van der Waals surface area (Å²) in [5.74, 6) is 0.183. The Morgan fingerprint density at radius 3 is 2.69 bits per heavy atom. The van der Waals surface area contributed by atoms with Gasteiger partial charge in [0.15, 0.2) is 0 Å². The van der Waals surface area contributed by atoms with Crippen LogP contribution in [0, 0.1) is 0 Å². The van der Waals surface area contributed by atoms with Crippen LogP contribution in [-0.2, 0) is 0 Å². The van der Waals surface area contributed by atoms with Gasteiger partial charge < -0.3 is 15.5 Å². The van der Waals surface area contributed by atoms with Gasteiger partial charge in [-0.25, -0.2) is 0 Å². The first-order chi connectivity index (χ1) is 5.74. The molecule has 0 unspecified atom stereocenters. The van der Waals surface area contributed by atoms with Crippen molar-refractivity contribution in [3.63, 3.8) is 0 Å².